The molecule has 3 atom stereocenters. The highest BCUT2D eigenvalue weighted by Crippen LogP contribution is 2.32. The molecule has 1 aromatic rings. The van der Waals surface area contributed by atoms with E-state index in [0.29, 0.717) is 0 Å². The van der Waals surface area contributed by atoms with Crippen molar-refractivity contribution in [3.05, 3.63) is 23.2 Å². The van der Waals surface area contributed by atoms with Gasteiger partial charge in [-0.25, -0.2) is 0 Å². The zero-order chi connectivity index (χ0) is 15.9. The molecule has 0 saturated carbocycles. The topological polar surface area (TPSA) is 62.6 Å². The molecule has 21 heavy (non-hydrogen) atoms. The molecule has 5 heteroatoms. The Kier molecular flexibility index (Phi) is 4.12. The third-order valence-corrected chi connectivity index (χ3v) is 4.13. The van der Waals surface area contributed by atoms with Crippen molar-refractivity contribution < 1.29 is 14.0 Å². The molecule has 116 valence electrons. The first-order valence-electron chi connectivity index (χ1n) is 7.43. The van der Waals surface area contributed by atoms with Crippen molar-refractivity contribution in [2.45, 2.75) is 59.7 Å². The van der Waals surface area contributed by atoms with E-state index in [4.69, 9.17) is 4.42 Å². The highest BCUT2D eigenvalue weighted by atomic mass is 16.3. The maximum absolute atomic E-state index is 12.6. The fraction of sp³-hybridized carbons (Fsp3) is 0.625. The fourth-order valence-electron chi connectivity index (χ4n) is 3.12. The average molecular weight is 292 g/mol. The lowest BCUT2D eigenvalue weighted by atomic mass is 9.93. The Morgan fingerprint density at radius 3 is 2.33 bits per heavy atom. The molecular formula is C16H24N2O3. The van der Waals surface area contributed by atoms with Gasteiger partial charge in [0.2, 0.25) is 11.8 Å². The van der Waals surface area contributed by atoms with Crippen LogP contribution in [0.4, 0.5) is 0 Å². The summed E-state index contributed by atoms with van der Waals surface area (Å²) in [5.41, 5.74) is 0.966. The van der Waals surface area contributed by atoms with Crippen LogP contribution in [0.2, 0.25) is 0 Å². The van der Waals surface area contributed by atoms with E-state index in [0.717, 1.165) is 17.1 Å². The van der Waals surface area contributed by atoms with Gasteiger partial charge >= 0.3 is 0 Å². The lowest BCUT2D eigenvalue weighted by Crippen LogP contribution is -2.64. The van der Waals surface area contributed by atoms with Crippen LogP contribution in [0.5, 0.6) is 0 Å². The van der Waals surface area contributed by atoms with Gasteiger partial charge in [0.15, 0.2) is 0 Å². The number of amides is 2. The van der Waals surface area contributed by atoms with Crippen molar-refractivity contribution in [3.63, 3.8) is 0 Å². The van der Waals surface area contributed by atoms with Gasteiger partial charge in [-0.05, 0) is 39.7 Å². The molecule has 0 bridgehead atoms. The molecule has 0 aromatic carbocycles. The average Bonchev–Trinajstić information content (AvgIpc) is 2.71. The number of hydrogen-bond donors (Lipinski definition) is 1. The molecule has 1 N–H and O–H groups in total. The number of carbonyl (C=O) groups excluding carboxylic acids is 2. The molecular weight excluding hydrogens is 268 g/mol. The molecule has 0 aliphatic carbocycles. The van der Waals surface area contributed by atoms with Crippen LogP contribution in [0.25, 0.3) is 0 Å². The van der Waals surface area contributed by atoms with Gasteiger partial charge in [-0.15, -0.1) is 0 Å². The highest BCUT2D eigenvalue weighted by Gasteiger charge is 2.43. The minimum Gasteiger partial charge on any atom is -0.466 e. The van der Waals surface area contributed by atoms with Crippen molar-refractivity contribution >= 4 is 11.8 Å². The Balaban J connectivity index is 2.42. The lowest BCUT2D eigenvalue weighted by Gasteiger charge is -2.43. The second-order valence-electron chi connectivity index (χ2n) is 6.21. The molecule has 1 aliphatic heterocycles. The molecule has 1 fully saturated rings. The molecule has 2 rings (SSSR count). The summed E-state index contributed by atoms with van der Waals surface area (Å²) in [4.78, 5) is 26.6. The van der Waals surface area contributed by atoms with Crippen molar-refractivity contribution in [3.8, 4) is 0 Å². The monoisotopic (exact) mass is 292 g/mol. The summed E-state index contributed by atoms with van der Waals surface area (Å²) < 4.78 is 5.57. The van der Waals surface area contributed by atoms with E-state index in [1.54, 1.807) is 11.8 Å². The number of nitrogens with zero attached hydrogens (tertiary/aromatic N) is 1. The molecule has 1 aromatic heterocycles. The lowest BCUT2D eigenvalue weighted by molar-refractivity contribution is -0.153. The van der Waals surface area contributed by atoms with Gasteiger partial charge in [0.25, 0.3) is 0 Å². The summed E-state index contributed by atoms with van der Waals surface area (Å²) in [6.45, 7) is 11.4. The standard InChI is InChI=1S/C16H24N2O3/c1-8(2)14-15(19)17-10(4)16(20)18(14)11(5)13-7-9(3)21-12(13)6/h7-8,10-11,14H,1-6H3,(H,17,19). The van der Waals surface area contributed by atoms with Crippen LogP contribution in [0.15, 0.2) is 10.5 Å². The van der Waals surface area contributed by atoms with E-state index in [-0.39, 0.29) is 23.8 Å². The van der Waals surface area contributed by atoms with Gasteiger partial charge in [0.1, 0.15) is 23.6 Å². The Morgan fingerprint density at radius 2 is 1.86 bits per heavy atom. The number of furan rings is 1. The summed E-state index contributed by atoms with van der Waals surface area (Å²) >= 11 is 0. The van der Waals surface area contributed by atoms with Crippen molar-refractivity contribution in [2.24, 2.45) is 5.92 Å². The molecule has 0 spiro atoms. The number of rotatable bonds is 3. The quantitative estimate of drug-likeness (QED) is 0.930. The molecule has 5 nitrogen and oxygen atoms in total. The molecule has 0 radical (unpaired) electrons. The highest BCUT2D eigenvalue weighted by molar-refractivity contribution is 5.97. The van der Waals surface area contributed by atoms with Crippen LogP contribution in [0, 0.1) is 19.8 Å². The van der Waals surface area contributed by atoms with E-state index in [1.165, 1.54) is 0 Å². The predicted molar refractivity (Wildman–Crippen MR) is 79.7 cm³/mol. The molecule has 1 saturated heterocycles. The zero-order valence-corrected chi connectivity index (χ0v) is 13.6. The van der Waals surface area contributed by atoms with Gasteiger partial charge in [0, 0.05) is 5.56 Å². The maximum Gasteiger partial charge on any atom is 0.246 e. The van der Waals surface area contributed by atoms with Gasteiger partial charge in [-0.2, -0.15) is 0 Å². The second-order valence-corrected chi connectivity index (χ2v) is 6.21. The van der Waals surface area contributed by atoms with E-state index < -0.39 is 12.1 Å². The SMILES string of the molecule is Cc1cc(C(C)N2C(=O)C(C)NC(=O)C2C(C)C)c(C)o1. The van der Waals surface area contributed by atoms with Crippen LogP contribution >= 0.6 is 0 Å². The number of nitrogens with one attached hydrogen (secondary N) is 1. The van der Waals surface area contributed by atoms with Gasteiger partial charge < -0.3 is 14.6 Å². The molecule has 2 amide bonds. The van der Waals surface area contributed by atoms with E-state index >= 15 is 0 Å². The van der Waals surface area contributed by atoms with Gasteiger partial charge in [-0.3, -0.25) is 9.59 Å². The number of piperazine rings is 1. The van der Waals surface area contributed by atoms with E-state index in [2.05, 4.69) is 5.32 Å². The first-order valence-corrected chi connectivity index (χ1v) is 7.43. The Morgan fingerprint density at radius 1 is 1.24 bits per heavy atom. The Bertz CT molecular complexity index is 562. The number of carbonyl (C=O) groups is 2. The minimum absolute atomic E-state index is 0.0425. The largest absolute Gasteiger partial charge is 0.466 e. The summed E-state index contributed by atoms with van der Waals surface area (Å²) in [7, 11) is 0. The number of hydrogen-bond acceptors (Lipinski definition) is 3. The summed E-state index contributed by atoms with van der Waals surface area (Å²) in [6, 6.07) is 0.833. The zero-order valence-electron chi connectivity index (χ0n) is 13.6. The first kappa shape index (κ1) is 15.6. The molecule has 3 unspecified atom stereocenters. The smallest absolute Gasteiger partial charge is 0.246 e. The molecule has 1 aliphatic rings. The fourth-order valence-corrected chi connectivity index (χ4v) is 3.12. The Hall–Kier alpha value is -1.78. The third-order valence-electron chi connectivity index (χ3n) is 4.13. The summed E-state index contributed by atoms with van der Waals surface area (Å²) in [5, 5.41) is 2.76. The maximum atomic E-state index is 12.6. The van der Waals surface area contributed by atoms with Crippen molar-refractivity contribution in [1.82, 2.24) is 10.2 Å². The van der Waals surface area contributed by atoms with Crippen molar-refractivity contribution in [2.75, 3.05) is 0 Å². The van der Waals surface area contributed by atoms with Crippen molar-refractivity contribution in [1.29, 1.82) is 0 Å². The number of aryl methyl sites for hydroxylation is 2. The second kappa shape index (κ2) is 5.54. The normalized spacial score (nSPS) is 24.4. The van der Waals surface area contributed by atoms with E-state index in [9.17, 15) is 9.59 Å². The third kappa shape index (κ3) is 2.69. The molecule has 2 heterocycles. The summed E-state index contributed by atoms with van der Waals surface area (Å²) in [6.07, 6.45) is 0. The van der Waals surface area contributed by atoms with Crippen LogP contribution in [0.3, 0.4) is 0 Å². The van der Waals surface area contributed by atoms with Crippen LogP contribution in [0.1, 0.15) is 50.8 Å². The summed E-state index contributed by atoms with van der Waals surface area (Å²) in [5.74, 6) is 1.55. The van der Waals surface area contributed by atoms with Gasteiger partial charge in [0.05, 0.1) is 6.04 Å². The van der Waals surface area contributed by atoms with E-state index in [1.807, 2.05) is 40.7 Å². The minimum atomic E-state index is -0.483. The van der Waals surface area contributed by atoms with Crippen LogP contribution in [-0.4, -0.2) is 28.8 Å². The van der Waals surface area contributed by atoms with Crippen LogP contribution in [-0.2, 0) is 9.59 Å². The Labute approximate surface area is 125 Å². The predicted octanol–water partition coefficient (Wildman–Crippen LogP) is 2.33. The van der Waals surface area contributed by atoms with Crippen LogP contribution < -0.4 is 5.32 Å². The van der Waals surface area contributed by atoms with Gasteiger partial charge in [-0.1, -0.05) is 13.8 Å². The first-order chi connectivity index (χ1) is 9.73.